The van der Waals surface area contributed by atoms with Gasteiger partial charge in [0.25, 0.3) is 0 Å². The van der Waals surface area contributed by atoms with E-state index in [9.17, 15) is 13.9 Å². The van der Waals surface area contributed by atoms with Gasteiger partial charge in [0.15, 0.2) is 0 Å². The zero-order valence-corrected chi connectivity index (χ0v) is 12.5. The third kappa shape index (κ3) is 3.69. The zero-order valence-electron chi connectivity index (χ0n) is 10.2. The molecule has 2 aromatic carbocycles. The quantitative estimate of drug-likeness (QED) is 0.838. The van der Waals surface area contributed by atoms with E-state index in [1.165, 1.54) is 0 Å². The summed E-state index contributed by atoms with van der Waals surface area (Å²) in [6.45, 7) is -0.0168. The Bertz CT molecular complexity index is 584. The van der Waals surface area contributed by atoms with E-state index in [4.69, 9.17) is 11.6 Å². The molecule has 0 amide bonds. The van der Waals surface area contributed by atoms with Gasteiger partial charge in [0.05, 0.1) is 6.10 Å². The number of halogens is 4. The van der Waals surface area contributed by atoms with Crippen LogP contribution in [0.3, 0.4) is 0 Å². The van der Waals surface area contributed by atoms with Gasteiger partial charge in [-0.3, -0.25) is 0 Å². The Morgan fingerprint density at radius 1 is 1.15 bits per heavy atom. The normalized spacial score (nSPS) is 12.2. The van der Waals surface area contributed by atoms with Gasteiger partial charge >= 0.3 is 0 Å². The van der Waals surface area contributed by atoms with Crippen LogP contribution < -0.4 is 5.32 Å². The maximum absolute atomic E-state index is 13.6. The van der Waals surface area contributed by atoms with Crippen LogP contribution in [0.4, 0.5) is 14.5 Å². The van der Waals surface area contributed by atoms with E-state index in [2.05, 4.69) is 21.2 Å². The number of hydrogen-bond donors (Lipinski definition) is 2. The Labute approximate surface area is 128 Å². The highest BCUT2D eigenvalue weighted by Gasteiger charge is 2.13. The Balaban J connectivity index is 2.07. The molecule has 0 saturated carbocycles. The molecule has 20 heavy (non-hydrogen) atoms. The summed E-state index contributed by atoms with van der Waals surface area (Å²) < 4.78 is 27.5. The summed E-state index contributed by atoms with van der Waals surface area (Å²) in [5.74, 6) is -1.44. The molecule has 2 rings (SSSR count). The van der Waals surface area contributed by atoms with E-state index < -0.39 is 17.7 Å². The van der Waals surface area contributed by atoms with E-state index in [0.717, 1.165) is 12.1 Å². The monoisotopic (exact) mass is 361 g/mol. The average molecular weight is 363 g/mol. The van der Waals surface area contributed by atoms with Gasteiger partial charge in [-0.2, -0.15) is 0 Å². The van der Waals surface area contributed by atoms with Crippen LogP contribution in [-0.2, 0) is 0 Å². The maximum Gasteiger partial charge on any atom is 0.150 e. The van der Waals surface area contributed by atoms with Crippen LogP contribution in [0, 0.1) is 11.6 Å². The van der Waals surface area contributed by atoms with Gasteiger partial charge < -0.3 is 10.4 Å². The summed E-state index contributed by atoms with van der Waals surface area (Å²) in [4.78, 5) is 0. The molecule has 0 bridgehead atoms. The van der Waals surface area contributed by atoms with E-state index in [0.29, 0.717) is 15.1 Å². The second-order valence-electron chi connectivity index (χ2n) is 4.19. The van der Waals surface area contributed by atoms with Crippen molar-refractivity contribution in [1.82, 2.24) is 0 Å². The lowest BCUT2D eigenvalue weighted by Crippen LogP contribution is -2.14. The molecule has 0 aliphatic rings. The highest BCUT2D eigenvalue weighted by atomic mass is 79.9. The molecule has 0 aliphatic heterocycles. The SMILES string of the molecule is OC(CNc1c(F)cc(Br)cc1F)c1ccc(Cl)cc1. The number of aliphatic hydroxyl groups excluding tert-OH is 1. The molecule has 6 heteroatoms. The van der Waals surface area contributed by atoms with Crippen LogP contribution in [-0.4, -0.2) is 11.7 Å². The second-order valence-corrected chi connectivity index (χ2v) is 5.54. The van der Waals surface area contributed by atoms with Crippen LogP contribution >= 0.6 is 27.5 Å². The molecule has 0 aromatic heterocycles. The molecule has 0 spiro atoms. The summed E-state index contributed by atoms with van der Waals surface area (Å²) in [6.07, 6.45) is -0.894. The largest absolute Gasteiger partial charge is 0.387 e. The molecule has 0 saturated heterocycles. The van der Waals surface area contributed by atoms with Gasteiger partial charge in [-0.1, -0.05) is 39.7 Å². The number of anilines is 1. The van der Waals surface area contributed by atoms with Gasteiger partial charge in [0, 0.05) is 16.0 Å². The highest BCUT2D eigenvalue weighted by Crippen LogP contribution is 2.25. The van der Waals surface area contributed by atoms with Crippen molar-refractivity contribution < 1.29 is 13.9 Å². The van der Waals surface area contributed by atoms with Crippen molar-refractivity contribution in [2.24, 2.45) is 0 Å². The van der Waals surface area contributed by atoms with E-state index in [1.54, 1.807) is 24.3 Å². The molecular weight excluding hydrogens is 352 g/mol. The van der Waals surface area contributed by atoms with Gasteiger partial charge in [0.1, 0.15) is 17.3 Å². The molecule has 106 valence electrons. The van der Waals surface area contributed by atoms with Crippen molar-refractivity contribution in [2.75, 3.05) is 11.9 Å². The smallest absolute Gasteiger partial charge is 0.150 e. The fourth-order valence-electron chi connectivity index (χ4n) is 1.71. The minimum atomic E-state index is -0.894. The number of aliphatic hydroxyl groups is 1. The lowest BCUT2D eigenvalue weighted by atomic mass is 10.1. The van der Waals surface area contributed by atoms with Crippen LogP contribution in [0.5, 0.6) is 0 Å². The van der Waals surface area contributed by atoms with Gasteiger partial charge in [0.2, 0.25) is 0 Å². The minimum absolute atomic E-state index is 0.0168. The van der Waals surface area contributed by atoms with Crippen molar-refractivity contribution in [3.63, 3.8) is 0 Å². The lowest BCUT2D eigenvalue weighted by molar-refractivity contribution is 0.191. The summed E-state index contributed by atoms with van der Waals surface area (Å²) >= 11 is 8.75. The number of benzene rings is 2. The molecule has 1 unspecified atom stereocenters. The molecular formula is C14H11BrClF2NO. The van der Waals surface area contributed by atoms with Crippen molar-refractivity contribution in [3.8, 4) is 0 Å². The zero-order chi connectivity index (χ0) is 14.7. The number of hydrogen-bond acceptors (Lipinski definition) is 2. The summed E-state index contributed by atoms with van der Waals surface area (Å²) in [7, 11) is 0. The highest BCUT2D eigenvalue weighted by molar-refractivity contribution is 9.10. The summed E-state index contributed by atoms with van der Waals surface area (Å²) in [6, 6.07) is 8.90. The van der Waals surface area contributed by atoms with Crippen molar-refractivity contribution in [1.29, 1.82) is 0 Å². The van der Waals surface area contributed by atoms with Crippen molar-refractivity contribution >= 4 is 33.2 Å². The molecule has 0 heterocycles. The van der Waals surface area contributed by atoms with Crippen LogP contribution in [0.1, 0.15) is 11.7 Å². The van der Waals surface area contributed by atoms with Gasteiger partial charge in [-0.15, -0.1) is 0 Å². The van der Waals surface area contributed by atoms with E-state index in [1.807, 2.05) is 0 Å². The number of rotatable bonds is 4. The predicted octanol–water partition coefficient (Wildman–Crippen LogP) is 4.53. The van der Waals surface area contributed by atoms with Crippen LogP contribution in [0.25, 0.3) is 0 Å². The fraction of sp³-hybridized carbons (Fsp3) is 0.143. The lowest BCUT2D eigenvalue weighted by Gasteiger charge is -2.14. The van der Waals surface area contributed by atoms with Crippen molar-refractivity contribution in [2.45, 2.75) is 6.10 Å². The predicted molar refractivity (Wildman–Crippen MR) is 79.0 cm³/mol. The Hall–Kier alpha value is -1.17. The molecule has 1 atom stereocenters. The summed E-state index contributed by atoms with van der Waals surface area (Å²) in [5.41, 5.74) is 0.348. The third-order valence-electron chi connectivity index (χ3n) is 2.73. The molecule has 0 aliphatic carbocycles. The Morgan fingerprint density at radius 2 is 1.70 bits per heavy atom. The second kappa shape index (κ2) is 6.52. The third-order valence-corrected chi connectivity index (χ3v) is 3.44. The molecule has 2 N–H and O–H groups in total. The first-order valence-corrected chi connectivity index (χ1v) is 6.96. The summed E-state index contributed by atoms with van der Waals surface area (Å²) in [5, 5.41) is 13.1. The first-order valence-electron chi connectivity index (χ1n) is 5.79. The Kier molecular flexibility index (Phi) is 4.96. The standard InChI is InChI=1S/C14H11BrClF2NO/c15-9-5-11(17)14(12(18)6-9)19-7-13(20)8-1-3-10(16)4-2-8/h1-6,13,19-20H,7H2. The minimum Gasteiger partial charge on any atom is -0.387 e. The molecule has 0 radical (unpaired) electrons. The van der Waals surface area contributed by atoms with Crippen LogP contribution in [0.2, 0.25) is 5.02 Å². The van der Waals surface area contributed by atoms with E-state index in [-0.39, 0.29) is 12.2 Å². The maximum atomic E-state index is 13.6. The molecule has 0 fully saturated rings. The van der Waals surface area contributed by atoms with Crippen molar-refractivity contribution in [3.05, 3.63) is 63.1 Å². The molecule has 2 aromatic rings. The molecule has 2 nitrogen and oxygen atoms in total. The van der Waals surface area contributed by atoms with Gasteiger partial charge in [-0.05, 0) is 29.8 Å². The number of nitrogens with one attached hydrogen (secondary N) is 1. The van der Waals surface area contributed by atoms with Gasteiger partial charge in [-0.25, -0.2) is 8.78 Å². The van der Waals surface area contributed by atoms with Crippen LogP contribution in [0.15, 0.2) is 40.9 Å². The average Bonchev–Trinajstić information content (AvgIpc) is 2.38. The van der Waals surface area contributed by atoms with E-state index >= 15 is 0 Å². The topological polar surface area (TPSA) is 32.3 Å². The first kappa shape index (κ1) is 15.2. The fourth-order valence-corrected chi connectivity index (χ4v) is 2.24. The first-order chi connectivity index (χ1) is 9.47. The Morgan fingerprint density at radius 3 is 2.25 bits per heavy atom.